The van der Waals surface area contributed by atoms with E-state index in [0.717, 1.165) is 12.5 Å². The largest absolute Gasteiger partial charge is 0.478 e. The number of aliphatic carboxylic acids is 1. The van der Waals surface area contributed by atoms with Crippen molar-refractivity contribution in [1.29, 1.82) is 5.26 Å². The van der Waals surface area contributed by atoms with Crippen molar-refractivity contribution in [1.82, 2.24) is 0 Å². The second-order valence-electron chi connectivity index (χ2n) is 4.75. The van der Waals surface area contributed by atoms with E-state index in [9.17, 15) is 9.90 Å². The normalized spacial score (nSPS) is 22.6. The smallest absolute Gasteiger partial charge is 0.328 e. The molecule has 1 saturated carbocycles. The molecule has 0 aromatic heterocycles. The number of aliphatic hydroxyl groups is 1. The van der Waals surface area contributed by atoms with Gasteiger partial charge in [0.2, 0.25) is 0 Å². The van der Waals surface area contributed by atoms with Crippen molar-refractivity contribution in [3.05, 3.63) is 23.8 Å². The van der Waals surface area contributed by atoms with E-state index < -0.39 is 17.0 Å². The van der Waals surface area contributed by atoms with E-state index in [-0.39, 0.29) is 0 Å². The number of carbonyl (C=O) groups is 1. The van der Waals surface area contributed by atoms with Crippen molar-refractivity contribution in [2.75, 3.05) is 0 Å². The summed E-state index contributed by atoms with van der Waals surface area (Å²) in [6.45, 7) is 3.24. The van der Waals surface area contributed by atoms with Crippen LogP contribution in [0, 0.1) is 16.7 Å². The van der Waals surface area contributed by atoms with Crippen molar-refractivity contribution in [2.24, 2.45) is 5.41 Å². The minimum atomic E-state index is -1.21. The standard InChI is InChI=1S/C13H17NO3/c1-10(8-11(15)16)4-7-12(2,17)13(9-14)5-3-6-13/h4,7-8,17H,3,5-6H2,1-2H3,(H,15,16)/b7-4+,10-8-/t12-/m1/s1. The van der Waals surface area contributed by atoms with Crippen LogP contribution in [0.3, 0.4) is 0 Å². The molecular weight excluding hydrogens is 218 g/mol. The highest BCUT2D eigenvalue weighted by Crippen LogP contribution is 2.49. The van der Waals surface area contributed by atoms with Gasteiger partial charge in [-0.3, -0.25) is 0 Å². The molecule has 1 atom stereocenters. The molecule has 1 aliphatic rings. The summed E-state index contributed by atoms with van der Waals surface area (Å²) in [5, 5.41) is 28.0. The molecule has 0 aromatic carbocycles. The Morgan fingerprint density at radius 3 is 2.47 bits per heavy atom. The van der Waals surface area contributed by atoms with Crippen LogP contribution in [-0.4, -0.2) is 21.8 Å². The van der Waals surface area contributed by atoms with Gasteiger partial charge in [-0.2, -0.15) is 5.26 Å². The maximum Gasteiger partial charge on any atom is 0.328 e. The molecular formula is C13H17NO3. The molecule has 0 aromatic rings. The number of nitrogens with zero attached hydrogens (tertiary/aromatic N) is 1. The zero-order chi connectivity index (χ0) is 13.1. The van der Waals surface area contributed by atoms with Crippen LogP contribution in [0.4, 0.5) is 0 Å². The molecule has 17 heavy (non-hydrogen) atoms. The quantitative estimate of drug-likeness (QED) is 0.577. The van der Waals surface area contributed by atoms with Gasteiger partial charge >= 0.3 is 5.97 Å². The third kappa shape index (κ3) is 2.75. The zero-order valence-corrected chi connectivity index (χ0v) is 10.1. The summed E-state index contributed by atoms with van der Waals surface area (Å²) in [4.78, 5) is 10.4. The van der Waals surface area contributed by atoms with E-state index in [1.165, 1.54) is 6.08 Å². The molecule has 0 amide bonds. The third-order valence-corrected chi connectivity index (χ3v) is 3.41. The number of allylic oxidation sites excluding steroid dienone is 2. The van der Waals surface area contributed by atoms with Gasteiger partial charge < -0.3 is 10.2 Å². The van der Waals surface area contributed by atoms with E-state index in [0.29, 0.717) is 18.4 Å². The Morgan fingerprint density at radius 1 is 1.53 bits per heavy atom. The fourth-order valence-electron chi connectivity index (χ4n) is 1.96. The van der Waals surface area contributed by atoms with Crippen molar-refractivity contribution in [2.45, 2.75) is 38.7 Å². The summed E-state index contributed by atoms with van der Waals surface area (Å²) in [5.74, 6) is -1.02. The SMILES string of the molecule is CC(=C/C(=O)O)/C=C/[C@@](C)(O)C1(C#N)CCC1. The fraction of sp³-hybridized carbons (Fsp3) is 0.538. The number of rotatable bonds is 4. The second-order valence-corrected chi connectivity index (χ2v) is 4.75. The van der Waals surface area contributed by atoms with Gasteiger partial charge in [-0.25, -0.2) is 4.79 Å². The minimum Gasteiger partial charge on any atom is -0.478 e. The molecule has 0 aliphatic heterocycles. The van der Waals surface area contributed by atoms with Crippen LogP contribution in [0.1, 0.15) is 33.1 Å². The van der Waals surface area contributed by atoms with E-state index in [1.807, 2.05) is 0 Å². The average Bonchev–Trinajstić information content (AvgIpc) is 2.12. The highest BCUT2D eigenvalue weighted by molar-refractivity contribution is 5.81. The van der Waals surface area contributed by atoms with E-state index in [4.69, 9.17) is 10.4 Å². The molecule has 0 unspecified atom stereocenters. The van der Waals surface area contributed by atoms with Crippen molar-refractivity contribution in [3.8, 4) is 6.07 Å². The summed E-state index contributed by atoms with van der Waals surface area (Å²) in [6, 6.07) is 2.18. The molecule has 0 heterocycles. The lowest BCUT2D eigenvalue weighted by molar-refractivity contribution is -0.131. The summed E-state index contributed by atoms with van der Waals surface area (Å²) in [6.07, 6.45) is 6.44. The third-order valence-electron chi connectivity index (χ3n) is 3.41. The van der Waals surface area contributed by atoms with Gasteiger partial charge in [0.15, 0.2) is 0 Å². The van der Waals surface area contributed by atoms with Crippen LogP contribution in [0.15, 0.2) is 23.8 Å². The number of nitriles is 1. The fourth-order valence-corrected chi connectivity index (χ4v) is 1.96. The Bertz CT molecular complexity index is 409. The maximum absolute atomic E-state index is 10.4. The lowest BCUT2D eigenvalue weighted by atomic mass is 9.60. The number of carboxylic acid groups (broad SMARTS) is 1. The monoisotopic (exact) mass is 235 g/mol. The predicted octanol–water partition coefficient (Wildman–Crippen LogP) is 2.02. The number of hydrogen-bond donors (Lipinski definition) is 2. The van der Waals surface area contributed by atoms with Crippen LogP contribution < -0.4 is 0 Å². The van der Waals surface area contributed by atoms with E-state index in [2.05, 4.69) is 6.07 Å². The Hall–Kier alpha value is -1.60. The predicted molar refractivity (Wildman–Crippen MR) is 63.1 cm³/mol. The second kappa shape index (κ2) is 4.72. The maximum atomic E-state index is 10.4. The van der Waals surface area contributed by atoms with Gasteiger partial charge in [0.05, 0.1) is 17.1 Å². The molecule has 92 valence electrons. The van der Waals surface area contributed by atoms with Gasteiger partial charge in [-0.15, -0.1) is 0 Å². The van der Waals surface area contributed by atoms with Crippen molar-refractivity contribution in [3.63, 3.8) is 0 Å². The van der Waals surface area contributed by atoms with Crippen LogP contribution in [0.5, 0.6) is 0 Å². The molecule has 1 rings (SSSR count). The number of carboxylic acids is 1. The summed E-state index contributed by atoms with van der Waals surface area (Å²) < 4.78 is 0. The molecule has 0 spiro atoms. The lowest BCUT2D eigenvalue weighted by Gasteiger charge is -2.45. The highest BCUT2D eigenvalue weighted by Gasteiger charge is 2.50. The Labute approximate surface area is 101 Å². The molecule has 1 aliphatic carbocycles. The lowest BCUT2D eigenvalue weighted by Crippen LogP contribution is -2.48. The minimum absolute atomic E-state index is 0.533. The van der Waals surface area contributed by atoms with E-state index >= 15 is 0 Å². The molecule has 0 radical (unpaired) electrons. The molecule has 4 nitrogen and oxygen atoms in total. The topological polar surface area (TPSA) is 81.3 Å². The van der Waals surface area contributed by atoms with Gasteiger partial charge in [0, 0.05) is 6.08 Å². The molecule has 2 N–H and O–H groups in total. The summed E-state index contributed by atoms with van der Waals surface area (Å²) in [7, 11) is 0. The Balaban J connectivity index is 2.83. The number of hydrogen-bond acceptors (Lipinski definition) is 3. The average molecular weight is 235 g/mol. The summed E-state index contributed by atoms with van der Waals surface area (Å²) in [5.41, 5.74) is -1.40. The van der Waals surface area contributed by atoms with Crippen LogP contribution >= 0.6 is 0 Å². The first-order chi connectivity index (χ1) is 7.83. The van der Waals surface area contributed by atoms with Crippen molar-refractivity contribution < 1.29 is 15.0 Å². The first kappa shape index (κ1) is 13.5. The molecule has 0 saturated heterocycles. The van der Waals surface area contributed by atoms with Crippen LogP contribution in [0.25, 0.3) is 0 Å². The highest BCUT2D eigenvalue weighted by atomic mass is 16.4. The van der Waals surface area contributed by atoms with Gasteiger partial charge in [0.1, 0.15) is 0 Å². The van der Waals surface area contributed by atoms with Gasteiger partial charge in [-0.1, -0.05) is 18.6 Å². The van der Waals surface area contributed by atoms with Crippen LogP contribution in [-0.2, 0) is 4.79 Å². The van der Waals surface area contributed by atoms with Gasteiger partial charge in [-0.05, 0) is 32.3 Å². The summed E-state index contributed by atoms with van der Waals surface area (Å²) >= 11 is 0. The Kier molecular flexibility index (Phi) is 3.74. The van der Waals surface area contributed by atoms with E-state index in [1.54, 1.807) is 19.9 Å². The molecule has 1 fully saturated rings. The molecule has 0 bridgehead atoms. The first-order valence-electron chi connectivity index (χ1n) is 5.57. The zero-order valence-electron chi connectivity index (χ0n) is 10.1. The molecule has 4 heteroatoms. The van der Waals surface area contributed by atoms with Crippen molar-refractivity contribution >= 4 is 5.97 Å². The first-order valence-corrected chi connectivity index (χ1v) is 5.57. The Morgan fingerprint density at radius 2 is 2.12 bits per heavy atom. The van der Waals surface area contributed by atoms with Gasteiger partial charge in [0.25, 0.3) is 0 Å². The van der Waals surface area contributed by atoms with Crippen LogP contribution in [0.2, 0.25) is 0 Å².